The molecule has 5 heteroatoms. The molecule has 206 valence electrons. The number of nitrogens with one attached hydrogen (secondary N) is 1. The first-order chi connectivity index (χ1) is 18.2. The number of hydrogen-bond acceptors (Lipinski definition) is 5. The maximum absolute atomic E-state index is 12.7. The molecule has 1 saturated carbocycles. The van der Waals surface area contributed by atoms with Gasteiger partial charge in [0.25, 0.3) is 0 Å². The summed E-state index contributed by atoms with van der Waals surface area (Å²) in [6, 6.07) is 13.0. The largest absolute Gasteiger partial charge is 0.497 e. The van der Waals surface area contributed by atoms with Gasteiger partial charge in [-0.1, -0.05) is 37.8 Å². The van der Waals surface area contributed by atoms with Gasteiger partial charge in [0, 0.05) is 29.4 Å². The number of aryl methyl sites for hydroxylation is 1. The number of ketones is 1. The minimum atomic E-state index is 0.0438. The maximum Gasteiger partial charge on any atom is 0.161 e. The molecule has 0 spiro atoms. The molecule has 2 aromatic carbocycles. The van der Waals surface area contributed by atoms with Crippen LogP contribution < -0.4 is 20.5 Å². The molecule has 0 aromatic heterocycles. The minimum absolute atomic E-state index is 0.0438. The summed E-state index contributed by atoms with van der Waals surface area (Å²) in [4.78, 5) is 15.1. The van der Waals surface area contributed by atoms with Crippen LogP contribution in [0.4, 0.5) is 0 Å². The average molecular weight is 519 g/mol. The van der Waals surface area contributed by atoms with Gasteiger partial charge in [-0.2, -0.15) is 0 Å². The number of ether oxygens (including phenoxy) is 1. The number of Topliss-reactive ketones (excluding diaryl/α,β-unsaturated/α-hetero) is 1. The monoisotopic (exact) mass is 518 g/mol. The third kappa shape index (κ3) is 7.36. The first-order valence-electron chi connectivity index (χ1n) is 14.0. The summed E-state index contributed by atoms with van der Waals surface area (Å²) < 4.78 is 5.51. The highest BCUT2D eigenvalue weighted by atomic mass is 16.5. The van der Waals surface area contributed by atoms with E-state index < -0.39 is 0 Å². The van der Waals surface area contributed by atoms with Crippen LogP contribution in [0.1, 0.15) is 58.9 Å². The number of nitrogens with zero attached hydrogens (tertiary/aromatic N) is 1. The van der Waals surface area contributed by atoms with E-state index in [2.05, 4.69) is 55.8 Å². The smallest absolute Gasteiger partial charge is 0.161 e. The zero-order valence-corrected chi connectivity index (χ0v) is 24.1. The molecule has 38 heavy (non-hydrogen) atoms. The number of rotatable bonds is 11. The number of aliphatic hydroxyl groups excluding tert-OH is 1. The number of benzene rings is 2. The molecule has 0 saturated heterocycles. The van der Waals surface area contributed by atoms with Gasteiger partial charge in [-0.25, -0.2) is 0 Å². The third-order valence-electron chi connectivity index (χ3n) is 7.92. The predicted molar refractivity (Wildman–Crippen MR) is 158 cm³/mol. The van der Waals surface area contributed by atoms with Crippen molar-refractivity contribution in [2.75, 3.05) is 26.8 Å². The number of aliphatic hydroxyl groups is 1. The van der Waals surface area contributed by atoms with E-state index in [0.29, 0.717) is 17.5 Å². The molecule has 0 unspecified atom stereocenters. The highest BCUT2D eigenvalue weighted by Crippen LogP contribution is 2.28. The number of likely N-dealkylation sites (N-methyl/N-ethyl adjacent to an activating group) is 1. The Morgan fingerprint density at radius 3 is 2.47 bits per heavy atom. The van der Waals surface area contributed by atoms with Crippen LogP contribution in [0.25, 0.3) is 23.4 Å². The Bertz CT molecular complexity index is 1240. The van der Waals surface area contributed by atoms with Gasteiger partial charge in [-0.05, 0) is 106 Å². The van der Waals surface area contributed by atoms with Crippen LogP contribution >= 0.6 is 0 Å². The molecule has 0 amide bonds. The third-order valence-corrected chi connectivity index (χ3v) is 7.92. The molecule has 3 rings (SSSR count). The number of methoxy groups -OCH3 is 1. The minimum Gasteiger partial charge on any atom is -0.497 e. The van der Waals surface area contributed by atoms with Crippen molar-refractivity contribution in [2.45, 2.75) is 72.4 Å². The van der Waals surface area contributed by atoms with Gasteiger partial charge < -0.3 is 15.2 Å². The van der Waals surface area contributed by atoms with Crippen molar-refractivity contribution in [1.82, 2.24) is 10.2 Å². The van der Waals surface area contributed by atoms with E-state index in [4.69, 9.17) is 4.74 Å². The lowest BCUT2D eigenvalue weighted by molar-refractivity contribution is -0.113. The molecule has 2 aromatic rings. The summed E-state index contributed by atoms with van der Waals surface area (Å²) in [6.45, 7) is 16.4. The van der Waals surface area contributed by atoms with Gasteiger partial charge in [0.15, 0.2) is 5.78 Å². The molecule has 0 heterocycles. The topological polar surface area (TPSA) is 61.8 Å². The van der Waals surface area contributed by atoms with Crippen LogP contribution in [0.2, 0.25) is 0 Å². The van der Waals surface area contributed by atoms with E-state index in [1.807, 2.05) is 31.2 Å². The maximum atomic E-state index is 12.7. The molecule has 0 radical (unpaired) electrons. The molecule has 2 N–H and O–H groups in total. The van der Waals surface area contributed by atoms with Crippen LogP contribution in [0.5, 0.6) is 5.75 Å². The van der Waals surface area contributed by atoms with Crippen molar-refractivity contribution in [3.05, 3.63) is 64.0 Å². The van der Waals surface area contributed by atoms with E-state index in [1.54, 1.807) is 14.0 Å². The molecule has 1 fully saturated rings. The van der Waals surface area contributed by atoms with E-state index in [9.17, 15) is 9.90 Å². The van der Waals surface area contributed by atoms with Crippen LogP contribution in [-0.2, 0) is 4.79 Å². The summed E-state index contributed by atoms with van der Waals surface area (Å²) in [6.07, 6.45) is 6.27. The van der Waals surface area contributed by atoms with E-state index in [1.165, 1.54) is 0 Å². The zero-order chi connectivity index (χ0) is 27.8. The molecule has 0 aliphatic heterocycles. The number of allylic oxidation sites excluding steroid dienone is 1. The Kier molecular flexibility index (Phi) is 10.7. The zero-order valence-electron chi connectivity index (χ0n) is 24.1. The number of hydrogen-bond donors (Lipinski definition) is 2. The summed E-state index contributed by atoms with van der Waals surface area (Å²) >= 11 is 0. The second kappa shape index (κ2) is 13.8. The van der Waals surface area contributed by atoms with Crippen molar-refractivity contribution < 1.29 is 14.6 Å². The highest BCUT2D eigenvalue weighted by Gasteiger charge is 2.25. The second-order valence-corrected chi connectivity index (χ2v) is 10.7. The lowest BCUT2D eigenvalue weighted by Gasteiger charge is -2.35. The fourth-order valence-corrected chi connectivity index (χ4v) is 5.61. The fraction of sp³-hybridized carbons (Fsp3) is 0.485. The molecular weight excluding hydrogens is 472 g/mol. The van der Waals surface area contributed by atoms with Gasteiger partial charge in [-0.3, -0.25) is 9.69 Å². The fourth-order valence-electron chi connectivity index (χ4n) is 5.61. The van der Waals surface area contributed by atoms with Crippen molar-refractivity contribution >= 4 is 18.1 Å². The van der Waals surface area contributed by atoms with Crippen LogP contribution in [0.15, 0.2) is 48.0 Å². The highest BCUT2D eigenvalue weighted by molar-refractivity contribution is 6.05. The Morgan fingerprint density at radius 1 is 1.18 bits per heavy atom. The molecule has 5 nitrogen and oxygen atoms in total. The summed E-state index contributed by atoms with van der Waals surface area (Å²) in [5.74, 6) is 1.50. The summed E-state index contributed by atoms with van der Waals surface area (Å²) in [5.41, 5.74) is 4.84. The van der Waals surface area contributed by atoms with E-state index >= 15 is 0 Å². The average Bonchev–Trinajstić information content (AvgIpc) is 2.91. The van der Waals surface area contributed by atoms with Crippen molar-refractivity contribution in [3.8, 4) is 16.9 Å². The van der Waals surface area contributed by atoms with Crippen molar-refractivity contribution in [3.63, 3.8) is 0 Å². The first-order valence-corrected chi connectivity index (χ1v) is 14.0. The van der Waals surface area contributed by atoms with E-state index in [0.717, 1.165) is 77.3 Å². The summed E-state index contributed by atoms with van der Waals surface area (Å²) in [7, 11) is 1.69. The Balaban J connectivity index is 1.94. The number of carbonyl (C=O) groups is 1. The normalized spacial score (nSPS) is 19.7. The molecule has 1 aliphatic carbocycles. The van der Waals surface area contributed by atoms with Gasteiger partial charge in [0.05, 0.1) is 19.4 Å². The Morgan fingerprint density at radius 2 is 1.89 bits per heavy atom. The van der Waals surface area contributed by atoms with Crippen LogP contribution in [0, 0.1) is 12.8 Å². The molecule has 1 aliphatic rings. The SMILES string of the molecule is C=c1ccc(-c2cc(C)cc(OC)c2)c/c1=C(NC1CCC(CN(CC)[C@@H](C)CO)CC1)/C(=C\C)C(C)=O. The van der Waals surface area contributed by atoms with Crippen LogP contribution in [-0.4, -0.2) is 54.7 Å². The molecular formula is C33H46N2O3. The second-order valence-electron chi connectivity index (χ2n) is 10.7. The van der Waals surface area contributed by atoms with Gasteiger partial charge in [0.1, 0.15) is 5.75 Å². The quantitative estimate of drug-likeness (QED) is 0.427. The molecule has 0 bridgehead atoms. The van der Waals surface area contributed by atoms with Crippen molar-refractivity contribution in [2.24, 2.45) is 5.92 Å². The lowest BCUT2D eigenvalue weighted by atomic mass is 9.85. The lowest BCUT2D eigenvalue weighted by Crippen LogP contribution is -2.42. The van der Waals surface area contributed by atoms with Gasteiger partial charge >= 0.3 is 0 Å². The van der Waals surface area contributed by atoms with Gasteiger partial charge in [-0.15, -0.1) is 0 Å². The number of carbonyl (C=O) groups excluding carboxylic acids is 1. The van der Waals surface area contributed by atoms with Crippen molar-refractivity contribution in [1.29, 1.82) is 0 Å². The first kappa shape index (κ1) is 29.7. The standard InChI is InChI=1S/C33H46N2O3/c1-8-31(25(6)37)33(34-29-14-11-26(12-15-29)20-35(9-2)24(5)21-36)32-19-27(13-10-23(32)4)28-16-22(3)17-30(18-28)38-7/h8,10,13,16-19,24,26,29,34,36H,4,9,11-12,14-15,20-21H2,1-3,5-7H3/b31-8-,33-32+/t24-,26?,29?/m0/s1. The Labute approximate surface area is 228 Å². The van der Waals surface area contributed by atoms with Crippen LogP contribution in [0.3, 0.4) is 0 Å². The van der Waals surface area contributed by atoms with E-state index in [-0.39, 0.29) is 18.4 Å². The predicted octanol–water partition coefficient (Wildman–Crippen LogP) is 4.58. The summed E-state index contributed by atoms with van der Waals surface area (Å²) in [5, 5.41) is 15.2. The molecule has 1 atom stereocenters. The Hall–Kier alpha value is -2.89. The van der Waals surface area contributed by atoms with Gasteiger partial charge in [0.2, 0.25) is 0 Å².